The lowest BCUT2D eigenvalue weighted by Crippen LogP contribution is -2.12. The number of hydrogen-bond acceptors (Lipinski definition) is 2. The maximum atomic E-state index is 8.92. The zero-order valence-electron chi connectivity index (χ0n) is 9.71. The van der Waals surface area contributed by atoms with E-state index in [1.807, 2.05) is 16.9 Å². The van der Waals surface area contributed by atoms with Crippen LogP contribution in [0.4, 0.5) is 0 Å². The summed E-state index contributed by atoms with van der Waals surface area (Å²) in [6.45, 7) is 0. The van der Waals surface area contributed by atoms with Gasteiger partial charge in [0, 0.05) is 18.3 Å². The molecule has 1 aliphatic carbocycles. The van der Waals surface area contributed by atoms with E-state index < -0.39 is 0 Å². The Morgan fingerprint density at radius 3 is 2.82 bits per heavy atom. The Morgan fingerprint density at radius 2 is 2.06 bits per heavy atom. The first kappa shape index (κ1) is 10.3. The van der Waals surface area contributed by atoms with Crippen LogP contribution in [0.15, 0.2) is 30.6 Å². The molecule has 3 rings (SSSR count). The molecule has 0 saturated heterocycles. The Labute approximate surface area is 101 Å². The van der Waals surface area contributed by atoms with Crippen LogP contribution in [-0.2, 0) is 0 Å². The molecule has 0 atom stereocenters. The largest absolute Gasteiger partial charge is 0.241 e. The Hall–Kier alpha value is -1.82. The fraction of sp³-hybridized carbons (Fsp3) is 0.429. The molecule has 0 unspecified atom stereocenters. The van der Waals surface area contributed by atoms with Crippen LogP contribution in [0.5, 0.6) is 0 Å². The molecule has 86 valence electrons. The van der Waals surface area contributed by atoms with Gasteiger partial charge in [0.05, 0.1) is 11.6 Å². The molecule has 17 heavy (non-hydrogen) atoms. The van der Waals surface area contributed by atoms with Gasteiger partial charge in [-0.15, -0.1) is 0 Å². The Kier molecular flexibility index (Phi) is 2.56. The zero-order valence-corrected chi connectivity index (χ0v) is 9.71. The first-order valence-electron chi connectivity index (χ1n) is 6.20. The highest BCUT2D eigenvalue weighted by molar-refractivity contribution is 5.55. The van der Waals surface area contributed by atoms with Gasteiger partial charge in [-0.3, -0.25) is 0 Å². The molecule has 1 aliphatic rings. The number of hydrogen-bond donors (Lipinski definition) is 0. The Bertz CT molecular complexity index is 556. The molecule has 0 N–H and O–H groups in total. The standard InChI is InChI=1S/C14H15N3/c15-10-11-3-5-12(6-4-11)13-2-1-9-17-14(13)7-8-16-17/h1-2,7-9,11-12H,3-6H2/t11-,12+. The molecular weight excluding hydrogens is 210 g/mol. The van der Waals surface area contributed by atoms with Crippen LogP contribution in [0.25, 0.3) is 5.52 Å². The fourth-order valence-electron chi connectivity index (χ4n) is 2.85. The number of rotatable bonds is 1. The minimum absolute atomic E-state index is 0.274. The molecule has 3 heteroatoms. The maximum absolute atomic E-state index is 8.92. The second-order valence-corrected chi connectivity index (χ2v) is 4.80. The molecule has 1 fully saturated rings. The molecule has 0 radical (unpaired) electrons. The fourth-order valence-corrected chi connectivity index (χ4v) is 2.85. The lowest BCUT2D eigenvalue weighted by Gasteiger charge is -2.25. The third-order valence-electron chi connectivity index (χ3n) is 3.82. The van der Waals surface area contributed by atoms with Gasteiger partial charge >= 0.3 is 0 Å². The predicted molar refractivity (Wildman–Crippen MR) is 65.5 cm³/mol. The minimum atomic E-state index is 0.274. The molecule has 0 spiro atoms. The third-order valence-corrected chi connectivity index (χ3v) is 3.82. The third kappa shape index (κ3) is 1.80. The summed E-state index contributed by atoms with van der Waals surface area (Å²) in [4.78, 5) is 0. The summed E-state index contributed by atoms with van der Waals surface area (Å²) in [6.07, 6.45) is 8.17. The van der Waals surface area contributed by atoms with E-state index in [9.17, 15) is 0 Å². The molecule has 0 amide bonds. The van der Waals surface area contributed by atoms with Gasteiger partial charge in [-0.1, -0.05) is 6.07 Å². The lowest BCUT2D eigenvalue weighted by atomic mass is 9.79. The van der Waals surface area contributed by atoms with Crippen LogP contribution in [0.3, 0.4) is 0 Å². The van der Waals surface area contributed by atoms with E-state index >= 15 is 0 Å². The first-order chi connectivity index (χ1) is 8.38. The molecule has 2 aromatic heterocycles. The Balaban J connectivity index is 1.90. The highest BCUT2D eigenvalue weighted by Gasteiger charge is 2.23. The molecule has 0 aliphatic heterocycles. The van der Waals surface area contributed by atoms with Crippen molar-refractivity contribution >= 4 is 5.52 Å². The summed E-state index contributed by atoms with van der Waals surface area (Å²) in [5, 5.41) is 13.2. The first-order valence-corrected chi connectivity index (χ1v) is 6.20. The lowest BCUT2D eigenvalue weighted by molar-refractivity contribution is 0.383. The van der Waals surface area contributed by atoms with Gasteiger partial charge in [0.2, 0.25) is 0 Å². The van der Waals surface area contributed by atoms with Crippen molar-refractivity contribution in [2.75, 3.05) is 0 Å². The monoisotopic (exact) mass is 225 g/mol. The van der Waals surface area contributed by atoms with Crippen molar-refractivity contribution in [1.82, 2.24) is 9.61 Å². The van der Waals surface area contributed by atoms with Gasteiger partial charge in [-0.05, 0) is 49.3 Å². The summed E-state index contributed by atoms with van der Waals surface area (Å²) in [6, 6.07) is 8.73. The van der Waals surface area contributed by atoms with E-state index in [1.165, 1.54) is 11.1 Å². The second kappa shape index (κ2) is 4.21. The van der Waals surface area contributed by atoms with Gasteiger partial charge in [-0.2, -0.15) is 10.4 Å². The second-order valence-electron chi connectivity index (χ2n) is 4.80. The molecule has 0 aromatic carbocycles. The summed E-state index contributed by atoms with van der Waals surface area (Å²) >= 11 is 0. The number of aromatic nitrogens is 2. The van der Waals surface area contributed by atoms with Crippen LogP contribution in [-0.4, -0.2) is 9.61 Å². The van der Waals surface area contributed by atoms with Crippen molar-refractivity contribution in [3.63, 3.8) is 0 Å². The van der Waals surface area contributed by atoms with E-state index in [0.29, 0.717) is 5.92 Å². The molecule has 1 saturated carbocycles. The number of fused-ring (bicyclic) bond motifs is 1. The van der Waals surface area contributed by atoms with Crippen LogP contribution in [0.1, 0.15) is 37.2 Å². The quantitative estimate of drug-likeness (QED) is 0.748. The van der Waals surface area contributed by atoms with Gasteiger partial charge in [0.25, 0.3) is 0 Å². The Morgan fingerprint density at radius 1 is 1.24 bits per heavy atom. The van der Waals surface area contributed by atoms with Crippen LogP contribution < -0.4 is 0 Å². The zero-order chi connectivity index (χ0) is 11.7. The highest BCUT2D eigenvalue weighted by atomic mass is 15.2. The van der Waals surface area contributed by atoms with E-state index in [2.05, 4.69) is 29.4 Å². The van der Waals surface area contributed by atoms with E-state index in [-0.39, 0.29) is 5.92 Å². The SMILES string of the molecule is N#C[C@H]1CC[C@@H](c2cccn3nccc23)CC1. The van der Waals surface area contributed by atoms with Gasteiger partial charge < -0.3 is 0 Å². The van der Waals surface area contributed by atoms with Crippen LogP contribution >= 0.6 is 0 Å². The summed E-state index contributed by atoms with van der Waals surface area (Å²) in [5.74, 6) is 0.871. The van der Waals surface area contributed by atoms with Crippen molar-refractivity contribution in [2.45, 2.75) is 31.6 Å². The minimum Gasteiger partial charge on any atom is -0.241 e. The van der Waals surface area contributed by atoms with Gasteiger partial charge in [0.15, 0.2) is 0 Å². The highest BCUT2D eigenvalue weighted by Crippen LogP contribution is 2.36. The normalized spacial score (nSPS) is 24.6. The van der Waals surface area contributed by atoms with E-state index in [4.69, 9.17) is 5.26 Å². The van der Waals surface area contributed by atoms with Crippen molar-refractivity contribution in [3.05, 3.63) is 36.2 Å². The number of pyridine rings is 1. The van der Waals surface area contributed by atoms with Gasteiger partial charge in [0.1, 0.15) is 0 Å². The van der Waals surface area contributed by atoms with E-state index in [0.717, 1.165) is 25.7 Å². The summed E-state index contributed by atoms with van der Waals surface area (Å²) in [5.41, 5.74) is 2.61. The van der Waals surface area contributed by atoms with Crippen molar-refractivity contribution in [3.8, 4) is 6.07 Å². The topological polar surface area (TPSA) is 41.1 Å². The maximum Gasteiger partial charge on any atom is 0.0696 e. The van der Waals surface area contributed by atoms with Crippen LogP contribution in [0.2, 0.25) is 0 Å². The van der Waals surface area contributed by atoms with Crippen molar-refractivity contribution in [1.29, 1.82) is 5.26 Å². The summed E-state index contributed by atoms with van der Waals surface area (Å²) in [7, 11) is 0. The predicted octanol–water partition coefficient (Wildman–Crippen LogP) is 3.13. The molecular formula is C14H15N3. The molecule has 2 aromatic rings. The van der Waals surface area contributed by atoms with Crippen LogP contribution in [0, 0.1) is 17.2 Å². The van der Waals surface area contributed by atoms with Crippen molar-refractivity contribution in [2.24, 2.45) is 5.92 Å². The van der Waals surface area contributed by atoms with Crippen molar-refractivity contribution < 1.29 is 0 Å². The number of nitrogens with zero attached hydrogens (tertiary/aromatic N) is 3. The molecule has 0 bridgehead atoms. The van der Waals surface area contributed by atoms with Gasteiger partial charge in [-0.25, -0.2) is 4.52 Å². The van der Waals surface area contributed by atoms with E-state index in [1.54, 1.807) is 0 Å². The smallest absolute Gasteiger partial charge is 0.0696 e. The summed E-state index contributed by atoms with van der Waals surface area (Å²) < 4.78 is 1.94. The average Bonchev–Trinajstić information content (AvgIpc) is 2.87. The molecule has 3 nitrogen and oxygen atoms in total. The average molecular weight is 225 g/mol. The molecule has 2 heterocycles. The number of nitriles is 1.